The second-order valence-electron chi connectivity index (χ2n) is 6.71. The number of ketones is 1. The van der Waals surface area contributed by atoms with Crippen molar-refractivity contribution in [3.8, 4) is 5.75 Å². The first-order valence-corrected chi connectivity index (χ1v) is 9.00. The highest BCUT2D eigenvalue weighted by Gasteiger charge is 2.33. The zero-order valence-electron chi connectivity index (χ0n) is 14.6. The van der Waals surface area contributed by atoms with Gasteiger partial charge in [0.2, 0.25) is 0 Å². The molecule has 2 aliphatic heterocycles. The SMILES string of the molecule is O=C1/C(=C\C2=C3C=CC=CC3N=C2)C(c2ccccc2)Oc2ccccc21. The molecule has 0 spiro atoms. The largest absolute Gasteiger partial charge is 0.480 e. The molecule has 0 saturated heterocycles. The van der Waals surface area contributed by atoms with Crippen LogP contribution in [0, 0.1) is 0 Å². The van der Waals surface area contributed by atoms with Crippen LogP contribution in [0.1, 0.15) is 22.0 Å². The Balaban J connectivity index is 1.66. The lowest BCUT2D eigenvalue weighted by molar-refractivity contribution is 0.0961. The molecule has 0 fully saturated rings. The van der Waals surface area contributed by atoms with Gasteiger partial charge in [0, 0.05) is 11.8 Å². The van der Waals surface area contributed by atoms with Crippen LogP contribution in [-0.2, 0) is 0 Å². The van der Waals surface area contributed by atoms with Gasteiger partial charge in [0.1, 0.15) is 5.75 Å². The smallest absolute Gasteiger partial charge is 0.196 e. The number of carbonyl (C=O) groups excluding carboxylic acids is 1. The molecule has 3 heteroatoms. The summed E-state index contributed by atoms with van der Waals surface area (Å²) in [5.74, 6) is 0.635. The predicted molar refractivity (Wildman–Crippen MR) is 106 cm³/mol. The van der Waals surface area contributed by atoms with E-state index in [-0.39, 0.29) is 11.8 Å². The van der Waals surface area contributed by atoms with Crippen LogP contribution in [0.2, 0.25) is 0 Å². The highest BCUT2D eigenvalue weighted by Crippen LogP contribution is 2.39. The molecular weight excluding hydrogens is 334 g/mol. The first-order valence-electron chi connectivity index (χ1n) is 9.00. The zero-order chi connectivity index (χ0) is 18.2. The summed E-state index contributed by atoms with van der Waals surface area (Å²) in [5, 5.41) is 0. The number of hydrogen-bond acceptors (Lipinski definition) is 3. The lowest BCUT2D eigenvalue weighted by Gasteiger charge is -2.28. The highest BCUT2D eigenvalue weighted by atomic mass is 16.5. The molecule has 1 aliphatic carbocycles. The molecule has 2 aromatic carbocycles. The Hall–Kier alpha value is -3.46. The van der Waals surface area contributed by atoms with E-state index in [1.165, 1.54) is 0 Å². The zero-order valence-corrected chi connectivity index (χ0v) is 14.6. The van der Waals surface area contributed by atoms with Crippen molar-refractivity contribution in [3.63, 3.8) is 0 Å². The Morgan fingerprint density at radius 1 is 0.963 bits per heavy atom. The van der Waals surface area contributed by atoms with Crippen molar-refractivity contribution in [1.82, 2.24) is 0 Å². The number of carbonyl (C=O) groups is 1. The van der Waals surface area contributed by atoms with Crippen molar-refractivity contribution in [2.45, 2.75) is 12.1 Å². The molecule has 0 N–H and O–H groups in total. The quantitative estimate of drug-likeness (QED) is 0.729. The lowest BCUT2D eigenvalue weighted by atomic mass is 9.88. The number of benzene rings is 2. The van der Waals surface area contributed by atoms with Gasteiger partial charge in [-0.2, -0.15) is 0 Å². The van der Waals surface area contributed by atoms with Gasteiger partial charge >= 0.3 is 0 Å². The average Bonchev–Trinajstić information content (AvgIpc) is 3.14. The van der Waals surface area contributed by atoms with Gasteiger partial charge in [0.05, 0.1) is 11.6 Å². The molecule has 3 nitrogen and oxygen atoms in total. The van der Waals surface area contributed by atoms with E-state index in [0.29, 0.717) is 16.9 Å². The Labute approximate surface area is 157 Å². The molecule has 3 aliphatic rings. The molecule has 0 amide bonds. The summed E-state index contributed by atoms with van der Waals surface area (Å²) >= 11 is 0. The van der Waals surface area contributed by atoms with Crippen molar-refractivity contribution < 1.29 is 9.53 Å². The maximum atomic E-state index is 13.3. The molecule has 0 saturated carbocycles. The van der Waals surface area contributed by atoms with E-state index in [1.54, 1.807) is 0 Å². The van der Waals surface area contributed by atoms with Crippen LogP contribution in [-0.4, -0.2) is 18.0 Å². The average molecular weight is 351 g/mol. The molecule has 2 atom stereocenters. The number of para-hydroxylation sites is 1. The monoisotopic (exact) mass is 351 g/mol. The van der Waals surface area contributed by atoms with E-state index in [4.69, 9.17) is 4.74 Å². The number of nitrogens with zero attached hydrogens (tertiary/aromatic N) is 1. The molecule has 0 radical (unpaired) electrons. The van der Waals surface area contributed by atoms with Gasteiger partial charge in [-0.05, 0) is 34.9 Å². The topological polar surface area (TPSA) is 38.7 Å². The molecular formula is C24H17NO2. The third kappa shape index (κ3) is 2.68. The number of ether oxygens (including phenoxy) is 1. The summed E-state index contributed by atoms with van der Waals surface area (Å²) in [4.78, 5) is 17.8. The Bertz CT molecular complexity index is 1070. The summed E-state index contributed by atoms with van der Waals surface area (Å²) in [6.07, 6.45) is 11.5. The second kappa shape index (κ2) is 6.36. The van der Waals surface area contributed by atoms with E-state index in [1.807, 2.05) is 79.0 Å². The minimum Gasteiger partial charge on any atom is -0.480 e. The third-order valence-electron chi connectivity index (χ3n) is 5.04. The fourth-order valence-electron chi connectivity index (χ4n) is 3.69. The standard InChI is InChI=1S/C24H17NO2/c26-23-19-11-5-7-13-22(19)27-24(16-8-2-1-3-9-16)20(23)14-17-15-25-21-12-6-4-10-18(17)21/h1-15,21,24H/b20-14+. The highest BCUT2D eigenvalue weighted by molar-refractivity contribution is 6.13. The lowest BCUT2D eigenvalue weighted by Crippen LogP contribution is -2.24. The third-order valence-corrected chi connectivity index (χ3v) is 5.04. The minimum atomic E-state index is -0.433. The van der Waals surface area contributed by atoms with Crippen LogP contribution in [0.4, 0.5) is 0 Å². The molecule has 2 unspecified atom stereocenters. The van der Waals surface area contributed by atoms with Gasteiger partial charge in [-0.1, -0.05) is 66.8 Å². The maximum absolute atomic E-state index is 13.3. The van der Waals surface area contributed by atoms with Crippen LogP contribution in [0.5, 0.6) is 5.75 Å². The Morgan fingerprint density at radius 3 is 2.67 bits per heavy atom. The van der Waals surface area contributed by atoms with Crippen LogP contribution in [0.15, 0.2) is 107 Å². The predicted octanol–water partition coefficient (Wildman–Crippen LogP) is 4.81. The second-order valence-corrected chi connectivity index (χ2v) is 6.71. The van der Waals surface area contributed by atoms with E-state index >= 15 is 0 Å². The van der Waals surface area contributed by atoms with Crippen molar-refractivity contribution in [3.05, 3.63) is 113 Å². The summed E-state index contributed by atoms with van der Waals surface area (Å²) < 4.78 is 6.26. The number of hydrogen-bond donors (Lipinski definition) is 0. The summed E-state index contributed by atoms with van der Waals surface area (Å²) in [6.45, 7) is 0. The fraction of sp³-hybridized carbons (Fsp3) is 0.0833. The van der Waals surface area contributed by atoms with E-state index < -0.39 is 6.10 Å². The fourth-order valence-corrected chi connectivity index (χ4v) is 3.69. The van der Waals surface area contributed by atoms with Gasteiger partial charge in [-0.25, -0.2) is 0 Å². The van der Waals surface area contributed by atoms with Gasteiger partial charge in [-0.3, -0.25) is 9.79 Å². The number of Topliss-reactive ketones (excluding diaryl/α,β-unsaturated/α-hetero) is 1. The van der Waals surface area contributed by atoms with Gasteiger partial charge < -0.3 is 4.74 Å². The molecule has 2 heterocycles. The van der Waals surface area contributed by atoms with Crippen LogP contribution < -0.4 is 4.74 Å². The first-order chi connectivity index (χ1) is 13.3. The normalized spacial score (nSPS) is 24.1. The van der Waals surface area contributed by atoms with E-state index in [0.717, 1.165) is 16.7 Å². The molecule has 5 rings (SSSR count). The van der Waals surface area contributed by atoms with E-state index in [9.17, 15) is 4.79 Å². The van der Waals surface area contributed by atoms with Gasteiger partial charge in [0.25, 0.3) is 0 Å². The van der Waals surface area contributed by atoms with E-state index in [2.05, 4.69) is 17.1 Å². The van der Waals surface area contributed by atoms with Gasteiger partial charge in [-0.15, -0.1) is 0 Å². The van der Waals surface area contributed by atoms with Crippen LogP contribution in [0.25, 0.3) is 0 Å². The number of aliphatic imine (C=N–C) groups is 1. The molecule has 0 bridgehead atoms. The van der Waals surface area contributed by atoms with Crippen molar-refractivity contribution in [1.29, 1.82) is 0 Å². The summed E-state index contributed by atoms with van der Waals surface area (Å²) in [5.41, 5.74) is 4.28. The first kappa shape index (κ1) is 15.8. The Morgan fingerprint density at radius 2 is 1.78 bits per heavy atom. The molecule has 2 aromatic rings. The Kier molecular flexibility index (Phi) is 3.72. The number of fused-ring (bicyclic) bond motifs is 2. The van der Waals surface area contributed by atoms with Crippen molar-refractivity contribution in [2.24, 2.45) is 4.99 Å². The van der Waals surface area contributed by atoms with Crippen LogP contribution >= 0.6 is 0 Å². The van der Waals surface area contributed by atoms with Crippen molar-refractivity contribution in [2.75, 3.05) is 0 Å². The number of allylic oxidation sites excluding steroid dienone is 4. The number of rotatable bonds is 2. The molecule has 130 valence electrons. The molecule has 0 aromatic heterocycles. The van der Waals surface area contributed by atoms with Gasteiger partial charge in [0.15, 0.2) is 11.9 Å². The molecule has 27 heavy (non-hydrogen) atoms. The van der Waals surface area contributed by atoms with Crippen LogP contribution in [0.3, 0.4) is 0 Å². The summed E-state index contributed by atoms with van der Waals surface area (Å²) in [7, 11) is 0. The van der Waals surface area contributed by atoms with Crippen molar-refractivity contribution >= 4 is 12.0 Å². The summed E-state index contributed by atoms with van der Waals surface area (Å²) in [6, 6.07) is 17.3. The maximum Gasteiger partial charge on any atom is 0.196 e. The minimum absolute atomic E-state index is 0.00554.